The van der Waals surface area contributed by atoms with Gasteiger partial charge in [0.1, 0.15) is 0 Å². The first-order chi connectivity index (χ1) is 5.99. The summed E-state index contributed by atoms with van der Waals surface area (Å²) in [4.78, 5) is 10.8. The number of nitrogens with one attached hydrogen (secondary N) is 1. The number of amides is 1. The molecule has 0 saturated carbocycles. The number of nitrogens with two attached hydrogens (primary N) is 1. The normalized spacial score (nSPS) is 14.7. The highest BCUT2D eigenvalue weighted by molar-refractivity contribution is 5.91. The Morgan fingerprint density at radius 2 is 2.08 bits per heavy atom. The topological polar surface area (TPSA) is 55.1 Å². The molecular weight excluding hydrogens is 164 g/mol. The molecule has 0 heterocycles. The van der Waals surface area contributed by atoms with Crippen molar-refractivity contribution in [3.05, 3.63) is 11.6 Å². The van der Waals surface area contributed by atoms with Crippen molar-refractivity contribution in [3.8, 4) is 0 Å². The Morgan fingerprint density at radius 1 is 1.54 bits per heavy atom. The van der Waals surface area contributed by atoms with Crippen LogP contribution in [-0.2, 0) is 4.79 Å². The molecule has 1 amide bonds. The number of likely N-dealkylation sites (N-methyl/N-ethyl adjacent to an activating group) is 1. The van der Waals surface area contributed by atoms with Gasteiger partial charge in [-0.3, -0.25) is 4.79 Å². The van der Waals surface area contributed by atoms with E-state index in [2.05, 4.69) is 19.2 Å². The molecule has 0 saturated heterocycles. The second kappa shape index (κ2) is 5.75. The Hall–Kier alpha value is -0.830. The molecule has 0 rings (SSSR count). The molecule has 0 aromatic heterocycles. The summed E-state index contributed by atoms with van der Waals surface area (Å²) in [5.41, 5.74) is 5.77. The summed E-state index contributed by atoms with van der Waals surface area (Å²) in [6, 6.07) is 0.234. The zero-order chi connectivity index (χ0) is 10.4. The highest BCUT2D eigenvalue weighted by atomic mass is 16.1. The number of carbonyl (C=O) groups excluding carboxylic acids is 1. The van der Waals surface area contributed by atoms with E-state index in [0.29, 0.717) is 11.5 Å². The fourth-order valence-electron chi connectivity index (χ4n) is 1.07. The standard InChI is InChI=1S/C10H20N2O/c1-5-12-9(7(2)3)6-8(4)10(11)13/h6-7,9,12H,5H2,1-4H3,(H2,11,13)/b8-6+. The first-order valence-corrected chi connectivity index (χ1v) is 4.70. The van der Waals surface area contributed by atoms with Gasteiger partial charge < -0.3 is 11.1 Å². The van der Waals surface area contributed by atoms with Gasteiger partial charge in [-0.1, -0.05) is 26.8 Å². The molecule has 0 bridgehead atoms. The summed E-state index contributed by atoms with van der Waals surface area (Å²) in [6.45, 7) is 8.90. The Balaban J connectivity index is 4.39. The summed E-state index contributed by atoms with van der Waals surface area (Å²) in [7, 11) is 0. The number of rotatable bonds is 5. The minimum absolute atomic E-state index is 0.234. The average Bonchev–Trinajstić information content (AvgIpc) is 2.03. The highest BCUT2D eigenvalue weighted by Crippen LogP contribution is 2.05. The van der Waals surface area contributed by atoms with Crippen LogP contribution in [0.3, 0.4) is 0 Å². The van der Waals surface area contributed by atoms with E-state index in [1.54, 1.807) is 6.92 Å². The smallest absolute Gasteiger partial charge is 0.244 e. The zero-order valence-electron chi connectivity index (χ0n) is 8.92. The molecule has 0 aromatic carbocycles. The summed E-state index contributed by atoms with van der Waals surface area (Å²) in [6.07, 6.45) is 1.90. The second-order valence-corrected chi connectivity index (χ2v) is 3.54. The fourth-order valence-corrected chi connectivity index (χ4v) is 1.07. The first-order valence-electron chi connectivity index (χ1n) is 4.70. The maximum Gasteiger partial charge on any atom is 0.244 e. The van der Waals surface area contributed by atoms with Crippen LogP contribution >= 0.6 is 0 Å². The molecule has 1 unspecified atom stereocenters. The quantitative estimate of drug-likeness (QED) is 0.627. The molecule has 3 heteroatoms. The summed E-state index contributed by atoms with van der Waals surface area (Å²) in [5, 5.41) is 3.28. The fraction of sp³-hybridized carbons (Fsp3) is 0.700. The van der Waals surface area contributed by atoms with Gasteiger partial charge in [-0.25, -0.2) is 0 Å². The van der Waals surface area contributed by atoms with Gasteiger partial charge in [0.25, 0.3) is 0 Å². The van der Waals surface area contributed by atoms with Gasteiger partial charge in [0, 0.05) is 11.6 Å². The largest absolute Gasteiger partial charge is 0.366 e. The lowest BCUT2D eigenvalue weighted by Gasteiger charge is -2.18. The molecule has 0 aromatic rings. The van der Waals surface area contributed by atoms with Crippen molar-refractivity contribution >= 4 is 5.91 Å². The van der Waals surface area contributed by atoms with Crippen LogP contribution in [0, 0.1) is 5.92 Å². The maximum absolute atomic E-state index is 10.8. The van der Waals surface area contributed by atoms with E-state index in [-0.39, 0.29) is 11.9 Å². The lowest BCUT2D eigenvalue weighted by Crippen LogP contribution is -2.32. The summed E-state index contributed by atoms with van der Waals surface area (Å²) in [5.74, 6) is 0.123. The van der Waals surface area contributed by atoms with E-state index >= 15 is 0 Å². The SMILES string of the molecule is CCNC(/C=C(\C)C(N)=O)C(C)C. The van der Waals surface area contributed by atoms with Crippen molar-refractivity contribution in [1.82, 2.24) is 5.32 Å². The van der Waals surface area contributed by atoms with Gasteiger partial charge in [0.15, 0.2) is 0 Å². The Bertz CT molecular complexity index is 197. The summed E-state index contributed by atoms with van der Waals surface area (Å²) >= 11 is 0. The van der Waals surface area contributed by atoms with Crippen molar-refractivity contribution in [3.63, 3.8) is 0 Å². The monoisotopic (exact) mass is 184 g/mol. The van der Waals surface area contributed by atoms with Crippen molar-refractivity contribution in [2.45, 2.75) is 33.7 Å². The highest BCUT2D eigenvalue weighted by Gasteiger charge is 2.10. The van der Waals surface area contributed by atoms with Gasteiger partial charge in [-0.2, -0.15) is 0 Å². The molecule has 0 aliphatic heterocycles. The summed E-state index contributed by atoms with van der Waals surface area (Å²) < 4.78 is 0. The van der Waals surface area contributed by atoms with E-state index in [4.69, 9.17) is 5.73 Å². The van der Waals surface area contributed by atoms with E-state index in [9.17, 15) is 4.79 Å². The molecule has 0 aliphatic rings. The molecular formula is C10H20N2O. The third-order valence-corrected chi connectivity index (χ3v) is 1.98. The number of primary amides is 1. The molecule has 76 valence electrons. The van der Waals surface area contributed by atoms with E-state index in [1.807, 2.05) is 13.0 Å². The van der Waals surface area contributed by atoms with Crippen molar-refractivity contribution < 1.29 is 4.79 Å². The van der Waals surface area contributed by atoms with Crippen LogP contribution < -0.4 is 11.1 Å². The Labute approximate surface area is 80.4 Å². The second-order valence-electron chi connectivity index (χ2n) is 3.54. The molecule has 0 radical (unpaired) electrons. The van der Waals surface area contributed by atoms with E-state index < -0.39 is 0 Å². The van der Waals surface area contributed by atoms with E-state index in [0.717, 1.165) is 6.54 Å². The van der Waals surface area contributed by atoms with Crippen LogP contribution in [-0.4, -0.2) is 18.5 Å². The van der Waals surface area contributed by atoms with Gasteiger partial charge in [0.2, 0.25) is 5.91 Å². The van der Waals surface area contributed by atoms with Gasteiger partial charge in [-0.15, -0.1) is 0 Å². The van der Waals surface area contributed by atoms with Gasteiger partial charge in [0.05, 0.1) is 0 Å². The predicted molar refractivity (Wildman–Crippen MR) is 55.3 cm³/mol. The lowest BCUT2D eigenvalue weighted by atomic mass is 10.0. The van der Waals surface area contributed by atoms with Crippen LogP contribution in [0.15, 0.2) is 11.6 Å². The number of hydrogen-bond donors (Lipinski definition) is 2. The predicted octanol–water partition coefficient (Wildman–Crippen LogP) is 1.05. The van der Waals surface area contributed by atoms with Crippen molar-refractivity contribution in [2.24, 2.45) is 11.7 Å². The number of carbonyl (C=O) groups is 1. The zero-order valence-corrected chi connectivity index (χ0v) is 8.92. The third-order valence-electron chi connectivity index (χ3n) is 1.98. The molecule has 0 spiro atoms. The lowest BCUT2D eigenvalue weighted by molar-refractivity contribution is -0.114. The van der Waals surface area contributed by atoms with Crippen LogP contribution in [0.2, 0.25) is 0 Å². The molecule has 3 N–H and O–H groups in total. The maximum atomic E-state index is 10.8. The molecule has 3 nitrogen and oxygen atoms in total. The minimum atomic E-state index is -0.344. The van der Waals surface area contributed by atoms with Gasteiger partial charge >= 0.3 is 0 Å². The Morgan fingerprint density at radius 3 is 2.38 bits per heavy atom. The third kappa shape index (κ3) is 4.68. The van der Waals surface area contributed by atoms with Crippen LogP contribution in [0.25, 0.3) is 0 Å². The Kier molecular flexibility index (Phi) is 5.39. The molecule has 0 fully saturated rings. The van der Waals surface area contributed by atoms with Crippen molar-refractivity contribution in [1.29, 1.82) is 0 Å². The van der Waals surface area contributed by atoms with Crippen LogP contribution in [0.1, 0.15) is 27.7 Å². The van der Waals surface area contributed by atoms with Crippen LogP contribution in [0.4, 0.5) is 0 Å². The number of hydrogen-bond acceptors (Lipinski definition) is 2. The molecule has 13 heavy (non-hydrogen) atoms. The van der Waals surface area contributed by atoms with Crippen molar-refractivity contribution in [2.75, 3.05) is 6.54 Å². The molecule has 0 aliphatic carbocycles. The van der Waals surface area contributed by atoms with E-state index in [1.165, 1.54) is 0 Å². The van der Waals surface area contributed by atoms with Crippen LogP contribution in [0.5, 0.6) is 0 Å². The minimum Gasteiger partial charge on any atom is -0.366 e. The first kappa shape index (κ1) is 12.2. The van der Waals surface area contributed by atoms with Gasteiger partial charge in [-0.05, 0) is 19.4 Å². The molecule has 1 atom stereocenters. The average molecular weight is 184 g/mol.